The van der Waals surface area contributed by atoms with Crippen molar-refractivity contribution in [2.24, 2.45) is 11.7 Å². The number of rotatable bonds is 4. The zero-order valence-electron chi connectivity index (χ0n) is 11.4. The van der Waals surface area contributed by atoms with Gasteiger partial charge in [0.05, 0.1) is 12.1 Å². The highest BCUT2D eigenvalue weighted by Crippen LogP contribution is 2.30. The van der Waals surface area contributed by atoms with Crippen molar-refractivity contribution in [3.63, 3.8) is 0 Å². The molecule has 1 aromatic carbocycles. The number of benzene rings is 1. The SMILES string of the molecule is CCN(CC1CC1)C(=O)c1ccccc1C#CCN. The van der Waals surface area contributed by atoms with Gasteiger partial charge in [0.2, 0.25) is 0 Å². The number of nitrogens with zero attached hydrogens (tertiary/aromatic N) is 1. The molecule has 100 valence electrons. The second-order valence-electron chi connectivity index (χ2n) is 4.84. The van der Waals surface area contributed by atoms with E-state index in [4.69, 9.17) is 5.73 Å². The van der Waals surface area contributed by atoms with Gasteiger partial charge in [-0.3, -0.25) is 4.79 Å². The minimum absolute atomic E-state index is 0.0799. The number of hydrogen-bond acceptors (Lipinski definition) is 2. The molecule has 1 fully saturated rings. The summed E-state index contributed by atoms with van der Waals surface area (Å²) >= 11 is 0. The Balaban J connectivity index is 2.20. The van der Waals surface area contributed by atoms with Crippen LogP contribution in [-0.2, 0) is 0 Å². The molecule has 2 N–H and O–H groups in total. The molecule has 0 saturated heterocycles. The molecule has 3 nitrogen and oxygen atoms in total. The van der Waals surface area contributed by atoms with Crippen molar-refractivity contribution in [2.75, 3.05) is 19.6 Å². The fourth-order valence-corrected chi connectivity index (χ4v) is 2.06. The van der Waals surface area contributed by atoms with Crippen molar-refractivity contribution in [1.29, 1.82) is 0 Å². The Morgan fingerprint density at radius 3 is 2.79 bits per heavy atom. The quantitative estimate of drug-likeness (QED) is 0.836. The van der Waals surface area contributed by atoms with Crippen LogP contribution in [0.1, 0.15) is 35.7 Å². The molecule has 1 amide bonds. The van der Waals surface area contributed by atoms with Gasteiger partial charge in [0.15, 0.2) is 0 Å². The normalized spacial score (nSPS) is 13.6. The van der Waals surface area contributed by atoms with Gasteiger partial charge in [-0.1, -0.05) is 24.0 Å². The minimum Gasteiger partial charge on any atom is -0.339 e. The third kappa shape index (κ3) is 3.59. The molecule has 0 bridgehead atoms. The molecule has 0 spiro atoms. The first-order valence-corrected chi connectivity index (χ1v) is 6.83. The highest BCUT2D eigenvalue weighted by Gasteiger charge is 2.27. The summed E-state index contributed by atoms with van der Waals surface area (Å²) in [6.45, 7) is 3.94. The molecule has 1 aliphatic rings. The summed E-state index contributed by atoms with van der Waals surface area (Å²) in [6.07, 6.45) is 2.50. The third-order valence-electron chi connectivity index (χ3n) is 3.33. The predicted octanol–water partition coefficient (Wildman–Crippen LogP) is 1.87. The van der Waals surface area contributed by atoms with E-state index in [-0.39, 0.29) is 5.91 Å². The van der Waals surface area contributed by atoms with E-state index in [1.165, 1.54) is 12.8 Å². The summed E-state index contributed by atoms with van der Waals surface area (Å²) in [5.74, 6) is 6.58. The van der Waals surface area contributed by atoms with Crippen molar-refractivity contribution in [1.82, 2.24) is 4.90 Å². The lowest BCUT2D eigenvalue weighted by Gasteiger charge is -2.21. The fourth-order valence-electron chi connectivity index (χ4n) is 2.06. The minimum atomic E-state index is 0.0799. The van der Waals surface area contributed by atoms with Gasteiger partial charge >= 0.3 is 0 Å². The topological polar surface area (TPSA) is 46.3 Å². The maximum Gasteiger partial charge on any atom is 0.255 e. The summed E-state index contributed by atoms with van der Waals surface area (Å²) in [4.78, 5) is 14.5. The molecule has 3 heteroatoms. The monoisotopic (exact) mass is 256 g/mol. The van der Waals surface area contributed by atoms with Crippen LogP contribution in [0.3, 0.4) is 0 Å². The molecule has 0 aromatic heterocycles. The van der Waals surface area contributed by atoms with Crippen molar-refractivity contribution in [3.05, 3.63) is 35.4 Å². The van der Waals surface area contributed by atoms with E-state index in [1.807, 2.05) is 36.1 Å². The largest absolute Gasteiger partial charge is 0.339 e. The molecule has 19 heavy (non-hydrogen) atoms. The molecule has 1 aromatic rings. The predicted molar refractivity (Wildman–Crippen MR) is 76.7 cm³/mol. The van der Waals surface area contributed by atoms with Crippen LogP contribution in [-0.4, -0.2) is 30.4 Å². The maximum atomic E-state index is 12.6. The maximum absolute atomic E-state index is 12.6. The number of carbonyl (C=O) groups excluding carboxylic acids is 1. The van der Waals surface area contributed by atoms with Gasteiger partial charge in [0, 0.05) is 18.7 Å². The van der Waals surface area contributed by atoms with Crippen LogP contribution in [0.15, 0.2) is 24.3 Å². The lowest BCUT2D eigenvalue weighted by atomic mass is 10.1. The Labute approximate surface area is 114 Å². The van der Waals surface area contributed by atoms with Crippen molar-refractivity contribution >= 4 is 5.91 Å². The molecule has 1 aliphatic carbocycles. The molecule has 0 radical (unpaired) electrons. The van der Waals surface area contributed by atoms with Crippen LogP contribution in [0, 0.1) is 17.8 Å². The first kappa shape index (κ1) is 13.6. The van der Waals surface area contributed by atoms with Gasteiger partial charge in [0.25, 0.3) is 5.91 Å². The number of nitrogens with two attached hydrogens (primary N) is 1. The van der Waals surface area contributed by atoms with E-state index in [0.29, 0.717) is 18.0 Å². The van der Waals surface area contributed by atoms with Crippen LogP contribution in [0.2, 0.25) is 0 Å². The number of amides is 1. The number of carbonyl (C=O) groups is 1. The van der Waals surface area contributed by atoms with Gasteiger partial charge in [-0.05, 0) is 37.8 Å². The van der Waals surface area contributed by atoms with E-state index < -0.39 is 0 Å². The van der Waals surface area contributed by atoms with Crippen molar-refractivity contribution < 1.29 is 4.79 Å². The van der Waals surface area contributed by atoms with E-state index in [9.17, 15) is 4.79 Å². The van der Waals surface area contributed by atoms with E-state index in [1.54, 1.807) is 0 Å². The van der Waals surface area contributed by atoms with Crippen LogP contribution in [0.25, 0.3) is 0 Å². The van der Waals surface area contributed by atoms with Gasteiger partial charge in [0.1, 0.15) is 0 Å². The van der Waals surface area contributed by atoms with Gasteiger partial charge in [-0.15, -0.1) is 0 Å². The van der Waals surface area contributed by atoms with E-state index in [2.05, 4.69) is 11.8 Å². The van der Waals surface area contributed by atoms with Gasteiger partial charge in [-0.2, -0.15) is 0 Å². The Morgan fingerprint density at radius 2 is 2.16 bits per heavy atom. The molecular weight excluding hydrogens is 236 g/mol. The lowest BCUT2D eigenvalue weighted by Crippen LogP contribution is -2.33. The summed E-state index contributed by atoms with van der Waals surface area (Å²) < 4.78 is 0. The van der Waals surface area contributed by atoms with Crippen molar-refractivity contribution in [2.45, 2.75) is 19.8 Å². The molecule has 1 saturated carbocycles. The Bertz CT molecular complexity index is 509. The lowest BCUT2D eigenvalue weighted by molar-refractivity contribution is 0.0756. The zero-order chi connectivity index (χ0) is 13.7. The zero-order valence-corrected chi connectivity index (χ0v) is 11.4. The smallest absolute Gasteiger partial charge is 0.255 e. The highest BCUT2D eigenvalue weighted by molar-refractivity contribution is 5.96. The summed E-state index contributed by atoms with van der Waals surface area (Å²) in [5.41, 5.74) is 6.85. The van der Waals surface area contributed by atoms with Crippen LogP contribution >= 0.6 is 0 Å². The van der Waals surface area contributed by atoms with Gasteiger partial charge < -0.3 is 10.6 Å². The average Bonchev–Trinajstić information content (AvgIpc) is 3.26. The molecular formula is C16H20N2O. The van der Waals surface area contributed by atoms with Crippen LogP contribution in [0.4, 0.5) is 0 Å². The first-order chi connectivity index (χ1) is 9.26. The second kappa shape index (κ2) is 6.40. The van der Waals surface area contributed by atoms with Crippen molar-refractivity contribution in [3.8, 4) is 11.8 Å². The fraction of sp³-hybridized carbons (Fsp3) is 0.438. The summed E-state index contributed by atoms with van der Waals surface area (Å²) in [7, 11) is 0. The van der Waals surface area contributed by atoms with Crippen LogP contribution < -0.4 is 5.73 Å². The van der Waals surface area contributed by atoms with E-state index in [0.717, 1.165) is 18.7 Å². The molecule has 0 heterocycles. The highest BCUT2D eigenvalue weighted by atomic mass is 16.2. The Morgan fingerprint density at radius 1 is 1.42 bits per heavy atom. The molecule has 0 aliphatic heterocycles. The third-order valence-corrected chi connectivity index (χ3v) is 3.33. The second-order valence-corrected chi connectivity index (χ2v) is 4.84. The van der Waals surface area contributed by atoms with Crippen LogP contribution in [0.5, 0.6) is 0 Å². The standard InChI is InChI=1S/C16H20N2O/c1-2-18(12-13-9-10-13)16(19)15-8-4-3-6-14(15)7-5-11-17/h3-4,6,8,13H,2,9-12,17H2,1H3. The summed E-state index contributed by atoms with van der Waals surface area (Å²) in [5, 5.41) is 0. The average molecular weight is 256 g/mol. The Kier molecular flexibility index (Phi) is 4.59. The number of hydrogen-bond donors (Lipinski definition) is 1. The van der Waals surface area contributed by atoms with Gasteiger partial charge in [-0.25, -0.2) is 0 Å². The molecule has 0 atom stereocenters. The first-order valence-electron chi connectivity index (χ1n) is 6.83. The summed E-state index contributed by atoms with van der Waals surface area (Å²) in [6, 6.07) is 7.50. The Hall–Kier alpha value is -1.79. The molecule has 2 rings (SSSR count). The van der Waals surface area contributed by atoms with E-state index >= 15 is 0 Å². The molecule has 0 unspecified atom stereocenters.